The number of hydrogen-bond donors (Lipinski definition) is 0. The first-order valence-corrected chi connectivity index (χ1v) is 8.46. The lowest BCUT2D eigenvalue weighted by molar-refractivity contribution is -0.136. The molecule has 3 aromatic carbocycles. The Morgan fingerprint density at radius 1 is 0.846 bits per heavy atom. The Kier molecular flexibility index (Phi) is 2.80. The van der Waals surface area contributed by atoms with Gasteiger partial charge < -0.3 is 4.42 Å². The van der Waals surface area contributed by atoms with Crippen molar-refractivity contribution in [2.45, 2.75) is 25.4 Å². The molecule has 26 heavy (non-hydrogen) atoms. The summed E-state index contributed by atoms with van der Waals surface area (Å²) in [6.07, 6.45) is -4.42. The van der Waals surface area contributed by atoms with Gasteiger partial charge >= 0.3 is 6.18 Å². The van der Waals surface area contributed by atoms with Crippen LogP contribution in [-0.4, -0.2) is 0 Å². The van der Waals surface area contributed by atoms with E-state index in [2.05, 4.69) is 26.0 Å². The second kappa shape index (κ2) is 4.70. The largest absolute Gasteiger partial charge is 0.456 e. The number of hydrogen-bond acceptors (Lipinski definition) is 1. The topological polar surface area (TPSA) is 13.1 Å². The van der Waals surface area contributed by atoms with Crippen LogP contribution in [0.25, 0.3) is 33.1 Å². The van der Waals surface area contributed by atoms with Gasteiger partial charge in [-0.05, 0) is 34.9 Å². The first-order valence-electron chi connectivity index (χ1n) is 8.46. The number of benzene rings is 3. The zero-order valence-corrected chi connectivity index (χ0v) is 14.2. The van der Waals surface area contributed by atoms with Crippen LogP contribution in [0.1, 0.15) is 30.5 Å². The Morgan fingerprint density at radius 2 is 1.62 bits per heavy atom. The average molecular weight is 352 g/mol. The molecule has 1 nitrogen and oxygen atoms in total. The molecule has 0 spiro atoms. The first-order chi connectivity index (χ1) is 12.3. The fourth-order valence-corrected chi connectivity index (χ4v) is 4.37. The van der Waals surface area contributed by atoms with E-state index >= 15 is 0 Å². The minimum absolute atomic E-state index is 0.143. The van der Waals surface area contributed by atoms with Gasteiger partial charge in [0.25, 0.3) is 0 Å². The van der Waals surface area contributed by atoms with Crippen molar-refractivity contribution in [1.29, 1.82) is 0 Å². The van der Waals surface area contributed by atoms with Crippen LogP contribution in [0, 0.1) is 0 Å². The maximum atomic E-state index is 13.5. The van der Waals surface area contributed by atoms with E-state index in [1.807, 2.05) is 18.2 Å². The lowest BCUT2D eigenvalue weighted by Gasteiger charge is -2.21. The standard InChI is InChI=1S/C22H15F3O/c1-21(2)15-7-4-3-6-12(15)13-10-11-14-18-16(22(23,24)25)8-5-9-17(18)26-20(14)19(13)21/h3-11H,1-2H3. The molecule has 1 aliphatic carbocycles. The minimum atomic E-state index is -4.42. The number of rotatable bonds is 0. The molecule has 0 saturated carbocycles. The zero-order chi connectivity index (χ0) is 18.3. The fraction of sp³-hybridized carbons (Fsp3) is 0.182. The Balaban J connectivity index is 1.95. The SMILES string of the molecule is CC1(C)c2ccccc2-c2ccc3c(oc4cccc(C(F)(F)F)c43)c21. The monoisotopic (exact) mass is 352 g/mol. The van der Waals surface area contributed by atoms with E-state index in [-0.39, 0.29) is 16.4 Å². The molecule has 1 heterocycles. The van der Waals surface area contributed by atoms with E-state index in [1.165, 1.54) is 11.6 Å². The second-order valence-electron chi connectivity index (χ2n) is 7.31. The molecule has 1 aliphatic rings. The van der Waals surface area contributed by atoms with Gasteiger partial charge in [0.15, 0.2) is 0 Å². The lowest BCUT2D eigenvalue weighted by atomic mass is 9.82. The first kappa shape index (κ1) is 15.5. The van der Waals surface area contributed by atoms with Crippen molar-refractivity contribution in [1.82, 2.24) is 0 Å². The molecule has 4 aromatic rings. The third-order valence-electron chi connectivity index (χ3n) is 5.49. The van der Waals surface area contributed by atoms with Gasteiger partial charge in [-0.2, -0.15) is 13.2 Å². The predicted octanol–water partition coefficient (Wildman–Crippen LogP) is 6.91. The highest BCUT2D eigenvalue weighted by atomic mass is 19.4. The minimum Gasteiger partial charge on any atom is -0.456 e. The highest BCUT2D eigenvalue weighted by Crippen LogP contribution is 2.53. The van der Waals surface area contributed by atoms with Gasteiger partial charge in [0, 0.05) is 21.8 Å². The fourth-order valence-electron chi connectivity index (χ4n) is 4.37. The molecule has 5 rings (SSSR count). The molecule has 0 saturated heterocycles. The molecule has 0 radical (unpaired) electrons. The van der Waals surface area contributed by atoms with Crippen LogP contribution >= 0.6 is 0 Å². The quantitative estimate of drug-likeness (QED) is 0.335. The lowest BCUT2D eigenvalue weighted by Crippen LogP contribution is -2.15. The van der Waals surface area contributed by atoms with Crippen LogP contribution in [0.4, 0.5) is 13.2 Å². The van der Waals surface area contributed by atoms with Crippen LogP contribution in [0.3, 0.4) is 0 Å². The summed E-state index contributed by atoms with van der Waals surface area (Å²) in [6.45, 7) is 4.18. The zero-order valence-electron chi connectivity index (χ0n) is 14.2. The molecule has 0 bridgehead atoms. The highest BCUT2D eigenvalue weighted by molar-refractivity contribution is 6.10. The summed E-state index contributed by atoms with van der Waals surface area (Å²) in [7, 11) is 0. The summed E-state index contributed by atoms with van der Waals surface area (Å²) in [5, 5.41) is 0.664. The molecule has 0 atom stereocenters. The Hall–Kier alpha value is -2.75. The molecule has 0 fully saturated rings. The molecular formula is C22H15F3O. The van der Waals surface area contributed by atoms with Gasteiger partial charge in [0.05, 0.1) is 5.56 Å². The molecule has 0 amide bonds. The Morgan fingerprint density at radius 3 is 2.38 bits per heavy atom. The van der Waals surface area contributed by atoms with Crippen molar-refractivity contribution in [2.24, 2.45) is 0 Å². The molecule has 0 unspecified atom stereocenters. The van der Waals surface area contributed by atoms with Gasteiger partial charge in [0.2, 0.25) is 0 Å². The van der Waals surface area contributed by atoms with Crippen molar-refractivity contribution >= 4 is 21.9 Å². The number of halogens is 3. The third-order valence-corrected chi connectivity index (χ3v) is 5.49. The van der Waals surface area contributed by atoms with Crippen molar-refractivity contribution in [3.8, 4) is 11.1 Å². The average Bonchev–Trinajstić information content (AvgIpc) is 3.08. The van der Waals surface area contributed by atoms with Gasteiger partial charge in [-0.1, -0.05) is 50.2 Å². The van der Waals surface area contributed by atoms with Crippen LogP contribution in [-0.2, 0) is 11.6 Å². The van der Waals surface area contributed by atoms with Gasteiger partial charge in [-0.3, -0.25) is 0 Å². The summed E-state index contributed by atoms with van der Waals surface area (Å²) < 4.78 is 46.6. The van der Waals surface area contributed by atoms with Crippen molar-refractivity contribution in [3.63, 3.8) is 0 Å². The van der Waals surface area contributed by atoms with E-state index in [9.17, 15) is 13.2 Å². The highest BCUT2D eigenvalue weighted by Gasteiger charge is 2.39. The van der Waals surface area contributed by atoms with Gasteiger partial charge in [0.1, 0.15) is 11.2 Å². The number of furan rings is 1. The Bertz CT molecular complexity index is 1200. The second-order valence-corrected chi connectivity index (χ2v) is 7.31. The summed E-state index contributed by atoms with van der Waals surface area (Å²) in [5.74, 6) is 0. The van der Waals surface area contributed by atoms with E-state index in [0.29, 0.717) is 11.0 Å². The van der Waals surface area contributed by atoms with Crippen LogP contribution in [0.5, 0.6) is 0 Å². The molecule has 0 aliphatic heterocycles. The normalized spacial score (nSPS) is 15.4. The van der Waals surface area contributed by atoms with Crippen LogP contribution < -0.4 is 0 Å². The Labute approximate surface area is 148 Å². The molecule has 130 valence electrons. The van der Waals surface area contributed by atoms with E-state index < -0.39 is 11.7 Å². The summed E-state index contributed by atoms with van der Waals surface area (Å²) >= 11 is 0. The van der Waals surface area contributed by atoms with Crippen molar-refractivity contribution in [3.05, 3.63) is 71.3 Å². The van der Waals surface area contributed by atoms with Crippen LogP contribution in [0.2, 0.25) is 0 Å². The number of fused-ring (bicyclic) bond motifs is 7. The summed E-state index contributed by atoms with van der Waals surface area (Å²) in [5.41, 5.74) is 4.11. The maximum absolute atomic E-state index is 13.5. The van der Waals surface area contributed by atoms with E-state index in [4.69, 9.17) is 4.42 Å². The third kappa shape index (κ3) is 1.82. The van der Waals surface area contributed by atoms with Crippen LogP contribution in [0.15, 0.2) is 59.0 Å². The summed E-state index contributed by atoms with van der Waals surface area (Å²) in [6, 6.07) is 15.9. The summed E-state index contributed by atoms with van der Waals surface area (Å²) in [4.78, 5) is 0. The van der Waals surface area contributed by atoms with Crippen molar-refractivity contribution < 1.29 is 17.6 Å². The van der Waals surface area contributed by atoms with E-state index in [0.717, 1.165) is 22.8 Å². The molecule has 1 aromatic heterocycles. The maximum Gasteiger partial charge on any atom is 0.417 e. The molecule has 0 N–H and O–H groups in total. The molecule has 4 heteroatoms. The van der Waals surface area contributed by atoms with Crippen molar-refractivity contribution in [2.75, 3.05) is 0 Å². The molecular weight excluding hydrogens is 337 g/mol. The smallest absolute Gasteiger partial charge is 0.417 e. The number of alkyl halides is 3. The predicted molar refractivity (Wildman–Crippen MR) is 96.3 cm³/mol. The van der Waals surface area contributed by atoms with E-state index in [1.54, 1.807) is 12.1 Å². The van der Waals surface area contributed by atoms with Gasteiger partial charge in [-0.25, -0.2) is 0 Å². The van der Waals surface area contributed by atoms with Gasteiger partial charge in [-0.15, -0.1) is 0 Å².